The molecule has 4 aromatic rings. The molecule has 51 heavy (non-hydrogen) atoms. The van der Waals surface area contributed by atoms with Crippen LogP contribution in [0.15, 0.2) is 95.9 Å². The number of carbonyl (C=O) groups excluding carboxylic acids is 2. The fourth-order valence-corrected chi connectivity index (χ4v) is 7.86. The molecule has 2 amide bonds. The molecule has 1 aliphatic carbocycles. The lowest BCUT2D eigenvalue weighted by Crippen LogP contribution is -2.54. The van der Waals surface area contributed by atoms with Gasteiger partial charge in [-0.05, 0) is 73.4 Å². The third kappa shape index (κ3) is 9.18. The second kappa shape index (κ2) is 16.6. The van der Waals surface area contributed by atoms with Crippen LogP contribution in [0, 0.1) is 17.0 Å². The van der Waals surface area contributed by atoms with Crippen LogP contribution in [0.5, 0.6) is 5.75 Å². The number of nitro benzene ring substituents is 1. The highest BCUT2D eigenvalue weighted by Crippen LogP contribution is 2.30. The number of nitro groups is 1. The molecule has 1 aliphatic rings. The Kier molecular flexibility index (Phi) is 12.2. The molecule has 1 fully saturated rings. The van der Waals surface area contributed by atoms with Gasteiger partial charge >= 0.3 is 0 Å². The molecule has 11 nitrogen and oxygen atoms in total. The fourth-order valence-electron chi connectivity index (χ4n) is 6.11. The highest BCUT2D eigenvalue weighted by Gasteiger charge is 2.36. The standard InChI is InChI=1S/C37H38Cl2N4O7S/c1-25-12-18-31(22-34(25)43(46)47)51(48,49)42(29-14-16-30(50-2)17-15-29)24-36(44)41(23-27-13-19-32(38)33(39)20-27)35(21-26-8-4-3-5-9-26)37(45)40-28-10-6-7-11-28/h3-5,8-9,12-20,22,28,35H,6-7,10-11,21,23-24H2,1-2H3,(H,40,45). The minimum atomic E-state index is -4.58. The van der Waals surface area contributed by atoms with E-state index in [1.807, 2.05) is 30.3 Å². The average molecular weight is 754 g/mol. The molecule has 0 aromatic heterocycles. The Hall–Kier alpha value is -4.65. The van der Waals surface area contributed by atoms with E-state index in [1.54, 1.807) is 30.3 Å². The van der Waals surface area contributed by atoms with Gasteiger partial charge in [-0.15, -0.1) is 0 Å². The number of ether oxygens (including phenoxy) is 1. The van der Waals surface area contributed by atoms with E-state index in [9.17, 15) is 28.1 Å². The molecule has 14 heteroatoms. The van der Waals surface area contributed by atoms with Gasteiger partial charge in [-0.3, -0.25) is 24.0 Å². The maximum Gasteiger partial charge on any atom is 0.273 e. The first kappa shape index (κ1) is 37.6. The van der Waals surface area contributed by atoms with Crippen molar-refractivity contribution < 1.29 is 27.7 Å². The highest BCUT2D eigenvalue weighted by atomic mass is 35.5. The maximum atomic E-state index is 14.7. The van der Waals surface area contributed by atoms with Crippen LogP contribution >= 0.6 is 23.2 Å². The van der Waals surface area contributed by atoms with Crippen LogP contribution in [0.25, 0.3) is 0 Å². The summed E-state index contributed by atoms with van der Waals surface area (Å²) in [5, 5.41) is 15.5. The van der Waals surface area contributed by atoms with E-state index in [1.165, 1.54) is 43.2 Å². The van der Waals surface area contributed by atoms with E-state index in [0.717, 1.165) is 41.6 Å². The number of benzene rings is 4. The normalized spacial score (nSPS) is 13.7. The first-order chi connectivity index (χ1) is 24.4. The van der Waals surface area contributed by atoms with Gasteiger partial charge in [0.2, 0.25) is 11.8 Å². The summed E-state index contributed by atoms with van der Waals surface area (Å²) in [5.41, 5.74) is 1.36. The molecule has 0 bridgehead atoms. The van der Waals surface area contributed by atoms with Crippen molar-refractivity contribution in [3.05, 3.63) is 128 Å². The van der Waals surface area contributed by atoms with Gasteiger partial charge in [0.25, 0.3) is 15.7 Å². The highest BCUT2D eigenvalue weighted by molar-refractivity contribution is 7.92. The zero-order valence-electron chi connectivity index (χ0n) is 28.1. The first-order valence-electron chi connectivity index (χ1n) is 16.4. The molecule has 4 aromatic carbocycles. The lowest BCUT2D eigenvalue weighted by molar-refractivity contribution is -0.385. The third-order valence-electron chi connectivity index (χ3n) is 8.91. The van der Waals surface area contributed by atoms with Gasteiger partial charge in [-0.2, -0.15) is 0 Å². The Morgan fingerprint density at radius 3 is 2.25 bits per heavy atom. The van der Waals surface area contributed by atoms with Crippen molar-refractivity contribution in [1.82, 2.24) is 10.2 Å². The molecule has 1 N–H and O–H groups in total. The quantitative estimate of drug-likeness (QED) is 0.107. The second-order valence-electron chi connectivity index (χ2n) is 12.4. The van der Waals surface area contributed by atoms with E-state index in [0.29, 0.717) is 16.3 Å². The summed E-state index contributed by atoms with van der Waals surface area (Å²) in [6.45, 7) is 0.668. The van der Waals surface area contributed by atoms with Gasteiger partial charge in [0.15, 0.2) is 0 Å². The van der Waals surface area contributed by atoms with Gasteiger partial charge < -0.3 is 15.0 Å². The largest absolute Gasteiger partial charge is 0.497 e. The Morgan fingerprint density at radius 1 is 0.941 bits per heavy atom. The number of hydrogen-bond donors (Lipinski definition) is 1. The fraction of sp³-hybridized carbons (Fsp3) is 0.297. The van der Waals surface area contributed by atoms with Crippen LogP contribution in [-0.2, 0) is 32.6 Å². The van der Waals surface area contributed by atoms with Crippen molar-refractivity contribution in [2.75, 3.05) is 18.0 Å². The number of hydrogen-bond acceptors (Lipinski definition) is 7. The van der Waals surface area contributed by atoms with Gasteiger partial charge in [-0.25, -0.2) is 8.42 Å². The zero-order chi connectivity index (χ0) is 36.7. The number of sulfonamides is 1. The summed E-state index contributed by atoms with van der Waals surface area (Å²) in [6, 6.07) is 22.6. The predicted molar refractivity (Wildman–Crippen MR) is 197 cm³/mol. The Morgan fingerprint density at radius 2 is 1.63 bits per heavy atom. The predicted octanol–water partition coefficient (Wildman–Crippen LogP) is 7.11. The molecule has 0 heterocycles. The Bertz CT molecular complexity index is 1990. The average Bonchev–Trinajstić information content (AvgIpc) is 3.63. The smallest absolute Gasteiger partial charge is 0.273 e. The molecule has 0 aliphatic heterocycles. The first-order valence-corrected chi connectivity index (χ1v) is 18.6. The number of carbonyl (C=O) groups is 2. The zero-order valence-corrected chi connectivity index (χ0v) is 30.5. The molecule has 1 unspecified atom stereocenters. The molecule has 5 rings (SSSR count). The molecular formula is C37H38Cl2N4O7S. The van der Waals surface area contributed by atoms with Crippen molar-refractivity contribution >= 4 is 56.4 Å². The number of halogens is 2. The molecule has 0 spiro atoms. The Balaban J connectivity index is 1.60. The number of nitrogens with one attached hydrogen (secondary N) is 1. The number of methoxy groups -OCH3 is 1. The van der Waals surface area contributed by atoms with Crippen molar-refractivity contribution in [1.29, 1.82) is 0 Å². The van der Waals surface area contributed by atoms with Crippen LogP contribution in [0.2, 0.25) is 10.0 Å². The molecule has 0 saturated heterocycles. The summed E-state index contributed by atoms with van der Waals surface area (Å²) in [7, 11) is -3.12. The summed E-state index contributed by atoms with van der Waals surface area (Å²) >= 11 is 12.6. The van der Waals surface area contributed by atoms with E-state index in [-0.39, 0.29) is 51.8 Å². The number of aryl methyl sites for hydroxylation is 1. The summed E-state index contributed by atoms with van der Waals surface area (Å²) in [4.78, 5) is 41.0. The summed E-state index contributed by atoms with van der Waals surface area (Å²) < 4.78 is 34.9. The second-order valence-corrected chi connectivity index (χ2v) is 15.1. The lowest BCUT2D eigenvalue weighted by atomic mass is 10.0. The monoisotopic (exact) mass is 752 g/mol. The van der Waals surface area contributed by atoms with E-state index >= 15 is 0 Å². The lowest BCUT2D eigenvalue weighted by Gasteiger charge is -2.34. The van der Waals surface area contributed by atoms with Crippen LogP contribution in [-0.4, -0.2) is 55.8 Å². The van der Waals surface area contributed by atoms with Crippen molar-refractivity contribution in [3.8, 4) is 5.75 Å². The van der Waals surface area contributed by atoms with Gasteiger partial charge in [0.05, 0.1) is 32.7 Å². The van der Waals surface area contributed by atoms with E-state index in [2.05, 4.69) is 5.32 Å². The van der Waals surface area contributed by atoms with Crippen LogP contribution < -0.4 is 14.4 Å². The molecule has 268 valence electrons. The van der Waals surface area contributed by atoms with Crippen molar-refractivity contribution in [2.24, 2.45) is 0 Å². The molecule has 1 saturated carbocycles. The minimum Gasteiger partial charge on any atom is -0.497 e. The maximum absolute atomic E-state index is 14.7. The van der Waals surface area contributed by atoms with Crippen molar-refractivity contribution in [2.45, 2.75) is 62.6 Å². The number of nitrogens with zero attached hydrogens (tertiary/aromatic N) is 3. The SMILES string of the molecule is COc1ccc(N(CC(=O)N(Cc2ccc(Cl)c(Cl)c2)C(Cc2ccccc2)C(=O)NC2CCCC2)S(=O)(=O)c2ccc(C)c([N+](=O)[O-])c2)cc1. The van der Waals surface area contributed by atoms with Crippen LogP contribution in [0.4, 0.5) is 11.4 Å². The van der Waals surface area contributed by atoms with Gasteiger partial charge in [0.1, 0.15) is 18.3 Å². The van der Waals surface area contributed by atoms with Crippen LogP contribution in [0.1, 0.15) is 42.4 Å². The van der Waals surface area contributed by atoms with Gasteiger partial charge in [0, 0.05) is 30.6 Å². The summed E-state index contributed by atoms with van der Waals surface area (Å²) in [5.74, 6) is -0.613. The number of rotatable bonds is 14. The van der Waals surface area contributed by atoms with Gasteiger partial charge in [-0.1, -0.05) is 78.5 Å². The van der Waals surface area contributed by atoms with Crippen LogP contribution in [0.3, 0.4) is 0 Å². The third-order valence-corrected chi connectivity index (χ3v) is 11.4. The minimum absolute atomic E-state index is 0.0498. The number of amides is 2. The Labute approximate surface area is 307 Å². The topological polar surface area (TPSA) is 139 Å². The van der Waals surface area contributed by atoms with E-state index in [4.69, 9.17) is 27.9 Å². The molecule has 0 radical (unpaired) electrons. The molecular weight excluding hydrogens is 715 g/mol. The summed E-state index contributed by atoms with van der Waals surface area (Å²) in [6.07, 6.45) is 3.73. The van der Waals surface area contributed by atoms with Crippen molar-refractivity contribution in [3.63, 3.8) is 0 Å². The van der Waals surface area contributed by atoms with E-state index < -0.39 is 33.4 Å². The molecule has 1 atom stereocenters. The number of anilines is 1.